The van der Waals surface area contributed by atoms with Gasteiger partial charge in [-0.25, -0.2) is 4.79 Å². The molecule has 1 amide bonds. The van der Waals surface area contributed by atoms with Crippen LogP contribution in [0.3, 0.4) is 0 Å². The number of carbonyl (C=O) groups is 2. The molecule has 0 aromatic heterocycles. The van der Waals surface area contributed by atoms with E-state index < -0.39 is 17.6 Å². The first-order chi connectivity index (χ1) is 15.4. The molecule has 1 aliphatic heterocycles. The molecule has 0 saturated heterocycles. The third kappa shape index (κ3) is 3.42. The molecule has 162 valence electrons. The number of hydrogen-bond donors (Lipinski definition) is 2. The van der Waals surface area contributed by atoms with Gasteiger partial charge in [-0.2, -0.15) is 0 Å². The van der Waals surface area contributed by atoms with Crippen molar-refractivity contribution in [2.75, 3.05) is 4.90 Å². The Morgan fingerprint density at radius 1 is 1.03 bits per heavy atom. The molecule has 2 aliphatic rings. The lowest BCUT2D eigenvalue weighted by atomic mass is 9.89. The van der Waals surface area contributed by atoms with Gasteiger partial charge in [-0.05, 0) is 66.6 Å². The van der Waals surface area contributed by atoms with Crippen molar-refractivity contribution in [3.05, 3.63) is 86.9 Å². The molecule has 1 atom stereocenters. The second-order valence-electron chi connectivity index (χ2n) is 8.19. The van der Waals surface area contributed by atoms with Gasteiger partial charge >= 0.3 is 5.97 Å². The topological polar surface area (TPSA) is 77.8 Å². The van der Waals surface area contributed by atoms with Crippen molar-refractivity contribution < 1.29 is 19.8 Å². The van der Waals surface area contributed by atoms with Crippen molar-refractivity contribution in [3.63, 3.8) is 0 Å². The van der Waals surface area contributed by atoms with Crippen LogP contribution in [0.1, 0.15) is 51.7 Å². The standard InChI is InChI=1S/C25H19Cl2NO4/c26-19-4-1-3-15(13-7-8-13)17(19)12-18-23-20(27)5-2-6-21(23)28(24(18)30)14-9-10-16(25(31)32)22(29)11-14/h1-6,9-11,13,18,29H,7-8,12H2,(H,31,32). The van der Waals surface area contributed by atoms with E-state index in [0.29, 0.717) is 39.3 Å². The third-order valence-electron chi connectivity index (χ3n) is 6.19. The predicted octanol–water partition coefficient (Wildman–Crippen LogP) is 6.28. The molecule has 1 heterocycles. The second kappa shape index (κ2) is 7.84. The van der Waals surface area contributed by atoms with Crippen LogP contribution in [-0.4, -0.2) is 22.1 Å². The molecular formula is C25H19Cl2NO4. The molecule has 2 N–H and O–H groups in total. The first kappa shape index (κ1) is 20.9. The van der Waals surface area contributed by atoms with E-state index in [4.69, 9.17) is 23.2 Å². The van der Waals surface area contributed by atoms with Gasteiger partial charge < -0.3 is 10.2 Å². The molecule has 3 aromatic rings. The minimum absolute atomic E-state index is 0.197. The van der Waals surface area contributed by atoms with Crippen LogP contribution in [0.25, 0.3) is 0 Å². The van der Waals surface area contributed by atoms with Gasteiger partial charge in [-0.1, -0.05) is 41.4 Å². The summed E-state index contributed by atoms with van der Waals surface area (Å²) >= 11 is 13.1. The fourth-order valence-electron chi connectivity index (χ4n) is 4.53. The Balaban J connectivity index is 1.59. The molecule has 1 aliphatic carbocycles. The number of carbonyl (C=O) groups excluding carboxylic acids is 1. The Hall–Kier alpha value is -3.02. The number of benzene rings is 3. The molecule has 0 spiro atoms. The van der Waals surface area contributed by atoms with Gasteiger partial charge in [0.25, 0.3) is 0 Å². The van der Waals surface area contributed by atoms with Gasteiger partial charge in [0, 0.05) is 21.7 Å². The van der Waals surface area contributed by atoms with E-state index in [1.807, 2.05) is 12.1 Å². The van der Waals surface area contributed by atoms with Crippen molar-refractivity contribution in [2.24, 2.45) is 0 Å². The highest BCUT2D eigenvalue weighted by Gasteiger charge is 2.41. The number of aromatic carboxylic acids is 1. The molecule has 1 unspecified atom stereocenters. The summed E-state index contributed by atoms with van der Waals surface area (Å²) in [5.41, 5.74) is 3.63. The number of halogens is 2. The number of aromatic hydroxyl groups is 1. The van der Waals surface area contributed by atoms with Gasteiger partial charge in [-0.15, -0.1) is 0 Å². The second-order valence-corrected chi connectivity index (χ2v) is 9.01. The van der Waals surface area contributed by atoms with E-state index in [-0.39, 0.29) is 11.5 Å². The summed E-state index contributed by atoms with van der Waals surface area (Å²) < 4.78 is 0. The van der Waals surface area contributed by atoms with Crippen molar-refractivity contribution >= 4 is 46.5 Å². The minimum atomic E-state index is -1.24. The normalized spacial score (nSPS) is 17.5. The Bertz CT molecular complexity index is 1270. The number of nitrogens with zero attached hydrogens (tertiary/aromatic N) is 1. The van der Waals surface area contributed by atoms with Crippen molar-refractivity contribution in [1.82, 2.24) is 0 Å². The van der Waals surface area contributed by atoms with Crippen LogP contribution in [0.4, 0.5) is 11.4 Å². The van der Waals surface area contributed by atoms with Gasteiger partial charge in [-0.3, -0.25) is 9.69 Å². The lowest BCUT2D eigenvalue weighted by Crippen LogP contribution is -2.25. The average molecular weight is 468 g/mol. The summed E-state index contributed by atoms with van der Waals surface area (Å²) in [6.45, 7) is 0. The fourth-order valence-corrected chi connectivity index (χ4v) is 5.09. The summed E-state index contributed by atoms with van der Waals surface area (Å²) in [5, 5.41) is 20.5. The maximum absolute atomic E-state index is 13.7. The zero-order chi connectivity index (χ0) is 22.6. The Kier molecular flexibility index (Phi) is 5.11. The van der Waals surface area contributed by atoms with Crippen molar-refractivity contribution in [2.45, 2.75) is 31.1 Å². The maximum Gasteiger partial charge on any atom is 0.339 e. The monoisotopic (exact) mass is 467 g/mol. The van der Waals surface area contributed by atoms with E-state index in [1.54, 1.807) is 18.2 Å². The Morgan fingerprint density at radius 2 is 1.75 bits per heavy atom. The smallest absolute Gasteiger partial charge is 0.339 e. The third-order valence-corrected chi connectivity index (χ3v) is 6.87. The van der Waals surface area contributed by atoms with Crippen LogP contribution in [-0.2, 0) is 11.2 Å². The number of phenols is 1. The van der Waals surface area contributed by atoms with Gasteiger partial charge in [0.15, 0.2) is 0 Å². The largest absolute Gasteiger partial charge is 0.507 e. The molecule has 5 nitrogen and oxygen atoms in total. The molecule has 3 aromatic carbocycles. The van der Waals surface area contributed by atoms with E-state index in [2.05, 4.69) is 6.07 Å². The lowest BCUT2D eigenvalue weighted by Gasteiger charge is -2.19. The SMILES string of the molecule is O=C(O)c1ccc(N2C(=O)C(Cc3c(Cl)cccc3C3CC3)c3c(Cl)cccc32)cc1O. The highest BCUT2D eigenvalue weighted by Crippen LogP contribution is 2.49. The highest BCUT2D eigenvalue weighted by molar-refractivity contribution is 6.33. The average Bonchev–Trinajstić information content (AvgIpc) is 3.54. The Morgan fingerprint density at radius 3 is 2.44 bits per heavy atom. The number of fused-ring (bicyclic) bond motifs is 1. The summed E-state index contributed by atoms with van der Waals surface area (Å²) in [4.78, 5) is 26.4. The number of carboxylic acids is 1. The summed E-state index contributed by atoms with van der Waals surface area (Å²) in [7, 11) is 0. The number of rotatable bonds is 5. The highest BCUT2D eigenvalue weighted by atomic mass is 35.5. The number of carboxylic acid groups (broad SMARTS) is 1. The molecule has 5 rings (SSSR count). The maximum atomic E-state index is 13.7. The minimum Gasteiger partial charge on any atom is -0.507 e. The van der Waals surface area contributed by atoms with Crippen LogP contribution in [0.5, 0.6) is 5.75 Å². The zero-order valence-electron chi connectivity index (χ0n) is 16.9. The van der Waals surface area contributed by atoms with Gasteiger partial charge in [0.1, 0.15) is 11.3 Å². The first-order valence-electron chi connectivity index (χ1n) is 10.3. The van der Waals surface area contributed by atoms with Crippen LogP contribution in [0.15, 0.2) is 54.6 Å². The Labute approximate surface area is 194 Å². The van der Waals surface area contributed by atoms with Gasteiger partial charge in [0.05, 0.1) is 17.3 Å². The molecule has 0 radical (unpaired) electrons. The summed E-state index contributed by atoms with van der Waals surface area (Å²) in [6, 6.07) is 15.3. The zero-order valence-corrected chi connectivity index (χ0v) is 18.4. The first-order valence-corrected chi connectivity index (χ1v) is 11.1. The van der Waals surface area contributed by atoms with E-state index >= 15 is 0 Å². The predicted molar refractivity (Wildman–Crippen MR) is 124 cm³/mol. The molecule has 7 heteroatoms. The van der Waals surface area contributed by atoms with E-state index in [9.17, 15) is 19.8 Å². The van der Waals surface area contributed by atoms with Crippen LogP contribution >= 0.6 is 23.2 Å². The van der Waals surface area contributed by atoms with Crippen LogP contribution < -0.4 is 4.90 Å². The summed E-state index contributed by atoms with van der Waals surface area (Å²) in [6.07, 6.45) is 2.64. The van der Waals surface area contributed by atoms with Crippen LogP contribution in [0.2, 0.25) is 10.0 Å². The quantitative estimate of drug-likeness (QED) is 0.462. The molecule has 32 heavy (non-hydrogen) atoms. The van der Waals surface area contributed by atoms with E-state index in [0.717, 1.165) is 18.4 Å². The fraction of sp³-hybridized carbons (Fsp3) is 0.200. The lowest BCUT2D eigenvalue weighted by molar-refractivity contribution is -0.118. The molecular weight excluding hydrogens is 449 g/mol. The van der Waals surface area contributed by atoms with E-state index in [1.165, 1.54) is 28.7 Å². The molecule has 0 bridgehead atoms. The number of hydrogen-bond acceptors (Lipinski definition) is 3. The van der Waals surface area contributed by atoms with Crippen LogP contribution in [0, 0.1) is 0 Å². The number of anilines is 2. The summed E-state index contributed by atoms with van der Waals surface area (Å²) in [5.74, 6) is -1.91. The van der Waals surface area contributed by atoms with Crippen molar-refractivity contribution in [3.8, 4) is 5.75 Å². The molecule has 1 saturated carbocycles. The molecule has 1 fully saturated rings. The number of amides is 1. The van der Waals surface area contributed by atoms with Gasteiger partial charge in [0.2, 0.25) is 5.91 Å². The van der Waals surface area contributed by atoms with Crippen molar-refractivity contribution in [1.29, 1.82) is 0 Å².